The Labute approximate surface area is 605 Å². The van der Waals surface area contributed by atoms with Gasteiger partial charge in [0.1, 0.15) is 19.3 Å². The highest BCUT2D eigenvalue weighted by molar-refractivity contribution is 7.47. The van der Waals surface area contributed by atoms with Crippen LogP contribution in [0.5, 0.6) is 0 Å². The van der Waals surface area contributed by atoms with Crippen molar-refractivity contribution in [1.82, 2.24) is 0 Å². The van der Waals surface area contributed by atoms with Crippen molar-refractivity contribution < 1.29 is 80.2 Å². The number of hydrogen-bond donors (Lipinski definition) is 3. The Balaban J connectivity index is 5.41. The lowest BCUT2D eigenvalue weighted by molar-refractivity contribution is -0.161. The van der Waals surface area contributed by atoms with Crippen LogP contribution in [-0.2, 0) is 65.4 Å². The van der Waals surface area contributed by atoms with E-state index in [2.05, 4.69) is 137 Å². The first-order chi connectivity index (χ1) is 48.7. The van der Waals surface area contributed by atoms with Gasteiger partial charge in [0, 0.05) is 19.3 Å². The fourth-order valence-corrected chi connectivity index (χ4v) is 11.3. The summed E-state index contributed by atoms with van der Waals surface area (Å²) in [5.41, 5.74) is 0. The average molecular weight is 1440 g/mol. The van der Waals surface area contributed by atoms with E-state index in [1.807, 2.05) is 12.2 Å². The van der Waals surface area contributed by atoms with E-state index in [-0.39, 0.29) is 25.7 Å². The minimum absolute atomic E-state index is 0.0763. The van der Waals surface area contributed by atoms with Gasteiger partial charge in [-0.2, -0.15) is 0 Å². The SMILES string of the molecule is CC/C=C\C/C=C\C/C=C\C/C=C\C/C=C\CC(=O)OC(COC(=O)CCCCCCCC/C=C\C/C=C\C/C=C\CCCCC)COP(=O)(O)OCC(O)COP(=O)(O)OCC(COC(=O)CCCCCCC/C=C\C/C=C\CCCCC)OC(=O)CCCCCCC/C=C\CCCC. The maximum Gasteiger partial charge on any atom is 0.472 e. The molecule has 0 aromatic carbocycles. The number of rotatable bonds is 71. The highest BCUT2D eigenvalue weighted by Crippen LogP contribution is 2.45. The Morgan fingerprint density at radius 3 is 0.930 bits per heavy atom. The molecule has 0 aliphatic heterocycles. The van der Waals surface area contributed by atoms with E-state index in [1.54, 1.807) is 12.2 Å². The molecule has 0 aliphatic rings. The van der Waals surface area contributed by atoms with Crippen molar-refractivity contribution >= 4 is 39.5 Å². The highest BCUT2D eigenvalue weighted by Gasteiger charge is 2.30. The number of carbonyl (C=O) groups excluding carboxylic acids is 4. The van der Waals surface area contributed by atoms with Crippen LogP contribution in [-0.4, -0.2) is 96.7 Å². The monoisotopic (exact) mass is 1440 g/mol. The van der Waals surface area contributed by atoms with Crippen molar-refractivity contribution in [3.05, 3.63) is 134 Å². The molecule has 0 rings (SSSR count). The normalized spacial score (nSPS) is 14.7. The number of unbranched alkanes of at least 4 members (excludes halogenated alkanes) is 24. The summed E-state index contributed by atoms with van der Waals surface area (Å²) in [4.78, 5) is 72.8. The topological polar surface area (TPSA) is 237 Å². The Bertz CT molecular complexity index is 2420. The molecule has 0 aromatic heterocycles. The van der Waals surface area contributed by atoms with Crippen LogP contribution >= 0.6 is 15.6 Å². The van der Waals surface area contributed by atoms with Gasteiger partial charge < -0.3 is 33.8 Å². The number of aliphatic hydroxyl groups is 1. The lowest BCUT2D eigenvalue weighted by atomic mass is 10.1. The second-order valence-electron chi connectivity index (χ2n) is 25.2. The molecule has 0 saturated carbocycles. The highest BCUT2D eigenvalue weighted by atomic mass is 31.2. The predicted molar refractivity (Wildman–Crippen MR) is 408 cm³/mol. The van der Waals surface area contributed by atoms with Crippen LogP contribution < -0.4 is 0 Å². The predicted octanol–water partition coefficient (Wildman–Crippen LogP) is 22.1. The number of ether oxygens (including phenoxy) is 4. The number of phosphoric ester groups is 2. The van der Waals surface area contributed by atoms with Gasteiger partial charge in [0.25, 0.3) is 0 Å². The summed E-state index contributed by atoms with van der Waals surface area (Å²) >= 11 is 0. The van der Waals surface area contributed by atoms with Crippen LogP contribution in [0.25, 0.3) is 0 Å². The molecule has 19 heteroatoms. The number of hydrogen-bond acceptors (Lipinski definition) is 15. The zero-order chi connectivity index (χ0) is 73.2. The molecule has 5 unspecified atom stereocenters. The van der Waals surface area contributed by atoms with Crippen molar-refractivity contribution in [2.45, 2.75) is 316 Å². The van der Waals surface area contributed by atoms with Gasteiger partial charge in [0.2, 0.25) is 0 Å². The molecular formula is C81H136O17P2. The minimum Gasteiger partial charge on any atom is -0.462 e. The molecule has 17 nitrogen and oxygen atoms in total. The van der Waals surface area contributed by atoms with Crippen molar-refractivity contribution in [3.8, 4) is 0 Å². The maximum absolute atomic E-state index is 13.1. The minimum atomic E-state index is -5.01. The third kappa shape index (κ3) is 71.6. The first-order valence-corrected chi connectivity index (χ1v) is 41.4. The number of esters is 4. The lowest BCUT2D eigenvalue weighted by Gasteiger charge is -2.21. The van der Waals surface area contributed by atoms with Gasteiger partial charge in [-0.3, -0.25) is 37.3 Å². The first kappa shape index (κ1) is 95.2. The van der Waals surface area contributed by atoms with Crippen LogP contribution in [0.15, 0.2) is 134 Å². The van der Waals surface area contributed by atoms with Crippen LogP contribution in [0.4, 0.5) is 0 Å². The molecule has 0 aliphatic carbocycles. The van der Waals surface area contributed by atoms with Crippen LogP contribution in [0.3, 0.4) is 0 Å². The van der Waals surface area contributed by atoms with Gasteiger partial charge in [-0.1, -0.05) is 264 Å². The molecule has 0 aromatic rings. The summed E-state index contributed by atoms with van der Waals surface area (Å²) in [6.45, 7) is 4.50. The molecule has 5 atom stereocenters. The largest absolute Gasteiger partial charge is 0.472 e. The van der Waals surface area contributed by atoms with Gasteiger partial charge in [-0.05, 0) is 141 Å². The molecule has 0 spiro atoms. The van der Waals surface area contributed by atoms with Crippen LogP contribution in [0.1, 0.15) is 297 Å². The molecular weight excluding hydrogens is 1310 g/mol. The van der Waals surface area contributed by atoms with E-state index >= 15 is 0 Å². The van der Waals surface area contributed by atoms with Crippen molar-refractivity contribution in [1.29, 1.82) is 0 Å². The van der Waals surface area contributed by atoms with E-state index in [1.165, 1.54) is 51.4 Å². The molecule has 572 valence electrons. The average Bonchev–Trinajstić information content (AvgIpc) is 0.926. The fraction of sp³-hybridized carbons (Fsp3) is 0.679. The molecule has 0 fully saturated rings. The first-order valence-electron chi connectivity index (χ1n) is 38.4. The molecule has 0 heterocycles. The van der Waals surface area contributed by atoms with Crippen LogP contribution in [0.2, 0.25) is 0 Å². The zero-order valence-electron chi connectivity index (χ0n) is 62.3. The van der Waals surface area contributed by atoms with Gasteiger partial charge in [0.05, 0.1) is 32.8 Å². The molecule has 0 bridgehead atoms. The van der Waals surface area contributed by atoms with Crippen LogP contribution in [0, 0.1) is 0 Å². The Kier molecular flexibility index (Phi) is 69.1. The summed E-state index contributed by atoms with van der Waals surface area (Å²) < 4.78 is 68.3. The summed E-state index contributed by atoms with van der Waals surface area (Å²) in [6.07, 6.45) is 80.5. The van der Waals surface area contributed by atoms with Crippen molar-refractivity contribution in [3.63, 3.8) is 0 Å². The van der Waals surface area contributed by atoms with E-state index in [4.69, 9.17) is 37.0 Å². The van der Waals surface area contributed by atoms with E-state index in [0.29, 0.717) is 25.7 Å². The Morgan fingerprint density at radius 1 is 0.300 bits per heavy atom. The number of phosphoric acid groups is 2. The number of allylic oxidation sites excluding steroid dienone is 21. The standard InChI is InChI=1S/C81H136O17P2/c1-5-9-13-17-21-25-29-32-35-36-37-38-41-43-47-50-54-58-62-66-79(84)92-72-77(98-81(86)68-64-60-56-52-48-44-40-34-31-27-23-19-15-11-7-3)74-96-100(89,90)94-70-75(82)69-93-99(87,88)95-73-76(97-80(85)67-63-59-55-51-45-28-24-20-16-12-8-4)71-91-78(83)65-61-57-53-49-46-42-39-33-30-26-22-18-14-10-6-2/h11,15,20-27,32-35,37-40,48,52,60,64,75-77,82H,5-10,12-14,16-19,28-31,36,41-47,49-51,53-59,61-63,65-74H2,1-4H3,(H,87,88)(H,89,90)/b15-11-,24-20-,25-21-,26-22-,27-23-,35-32-,38-37-,39-33-,40-34-,52-48-,64-60-. The quantitative estimate of drug-likeness (QED) is 0.0169. The molecule has 3 N–H and O–H groups in total. The number of aliphatic hydroxyl groups excluding tert-OH is 1. The summed E-state index contributed by atoms with van der Waals surface area (Å²) in [7, 11) is -9.99. The molecule has 0 amide bonds. The van der Waals surface area contributed by atoms with Gasteiger partial charge in [0.15, 0.2) is 12.2 Å². The molecule has 100 heavy (non-hydrogen) atoms. The van der Waals surface area contributed by atoms with Gasteiger partial charge in [-0.15, -0.1) is 0 Å². The number of carbonyl (C=O) groups is 4. The van der Waals surface area contributed by atoms with E-state index in [9.17, 15) is 43.2 Å². The van der Waals surface area contributed by atoms with Crippen molar-refractivity contribution in [2.24, 2.45) is 0 Å². The fourth-order valence-electron chi connectivity index (χ4n) is 9.72. The lowest BCUT2D eigenvalue weighted by Crippen LogP contribution is -2.30. The Hall–Kier alpha value is -4.80. The van der Waals surface area contributed by atoms with E-state index < -0.39 is 97.5 Å². The third-order valence-corrected chi connectivity index (χ3v) is 17.5. The summed E-state index contributed by atoms with van der Waals surface area (Å²) in [5, 5.41) is 10.6. The van der Waals surface area contributed by atoms with Gasteiger partial charge >= 0.3 is 39.5 Å². The van der Waals surface area contributed by atoms with E-state index in [0.717, 1.165) is 167 Å². The third-order valence-electron chi connectivity index (χ3n) is 15.6. The second kappa shape index (κ2) is 72.5. The smallest absolute Gasteiger partial charge is 0.462 e. The Morgan fingerprint density at radius 2 is 0.570 bits per heavy atom. The van der Waals surface area contributed by atoms with Crippen molar-refractivity contribution in [2.75, 3.05) is 39.6 Å². The summed E-state index contributed by atoms with van der Waals surface area (Å²) in [6, 6.07) is 0. The van der Waals surface area contributed by atoms with Gasteiger partial charge in [-0.25, -0.2) is 9.13 Å². The molecule has 0 saturated heterocycles. The summed E-state index contributed by atoms with van der Waals surface area (Å²) in [5.74, 6) is -2.37. The zero-order valence-corrected chi connectivity index (χ0v) is 64.1. The maximum atomic E-state index is 13.1. The second-order valence-corrected chi connectivity index (χ2v) is 28.1. The molecule has 0 radical (unpaired) electrons.